The van der Waals surface area contributed by atoms with Crippen molar-refractivity contribution in [1.29, 1.82) is 0 Å². The fourth-order valence-electron chi connectivity index (χ4n) is 5.70. The quantitative estimate of drug-likeness (QED) is 0.240. The van der Waals surface area contributed by atoms with E-state index >= 15 is 0 Å². The molecule has 4 heterocycles. The molecule has 202 valence electrons. The monoisotopic (exact) mass is 495 g/mol. The third-order valence-electron chi connectivity index (χ3n) is 8.05. The van der Waals surface area contributed by atoms with Crippen molar-refractivity contribution in [2.24, 2.45) is 22.7 Å². The lowest BCUT2D eigenvalue weighted by atomic mass is 9.76. The Labute approximate surface area is 210 Å². The zero-order chi connectivity index (χ0) is 25.4. The van der Waals surface area contributed by atoms with Crippen LogP contribution in [0.1, 0.15) is 40.0 Å². The third-order valence-corrected chi connectivity index (χ3v) is 8.05. The van der Waals surface area contributed by atoms with Crippen LogP contribution in [0.15, 0.2) is 0 Å². The van der Waals surface area contributed by atoms with E-state index in [1.54, 1.807) is 0 Å². The predicted octanol–water partition coefficient (Wildman–Crippen LogP) is -1.06. The predicted molar refractivity (Wildman–Crippen MR) is 138 cm³/mol. The summed E-state index contributed by atoms with van der Waals surface area (Å²) in [5, 5.41) is 34.6. The summed E-state index contributed by atoms with van der Waals surface area (Å²) in [6.45, 7) is 17.2. The van der Waals surface area contributed by atoms with E-state index in [9.17, 15) is 9.59 Å². The molecule has 35 heavy (non-hydrogen) atoms. The first-order chi connectivity index (χ1) is 16.6. The summed E-state index contributed by atoms with van der Waals surface area (Å²) in [4.78, 5) is 23.7. The van der Waals surface area contributed by atoms with Crippen molar-refractivity contribution in [2.45, 2.75) is 45.6 Å². The minimum absolute atomic E-state index is 0.0127. The van der Waals surface area contributed by atoms with Crippen molar-refractivity contribution >= 4 is 11.9 Å². The summed E-state index contributed by atoms with van der Waals surface area (Å²) >= 11 is 0. The van der Waals surface area contributed by atoms with Crippen LogP contribution in [0.5, 0.6) is 0 Å². The van der Waals surface area contributed by atoms with E-state index in [4.69, 9.17) is 5.11 Å². The van der Waals surface area contributed by atoms with Crippen LogP contribution in [-0.2, 0) is 9.59 Å². The fraction of sp³-hybridized carbons (Fsp3) is 0.920. The number of hydrogen-bond acceptors (Lipinski definition) is 8. The van der Waals surface area contributed by atoms with Gasteiger partial charge in [0.2, 0.25) is 5.91 Å². The van der Waals surface area contributed by atoms with Crippen molar-refractivity contribution in [3.05, 3.63) is 0 Å². The Kier molecular flexibility index (Phi) is 10.3. The fourth-order valence-corrected chi connectivity index (χ4v) is 5.70. The normalized spacial score (nSPS) is 37.7. The smallest absolute Gasteiger partial charge is 0.303 e. The Morgan fingerprint density at radius 1 is 0.771 bits per heavy atom. The highest BCUT2D eigenvalue weighted by molar-refractivity contribution is 5.77. The third kappa shape index (κ3) is 8.65. The second-order valence-electron chi connectivity index (χ2n) is 12.1. The van der Waals surface area contributed by atoms with Crippen molar-refractivity contribution in [2.75, 3.05) is 78.5 Å². The molecule has 3 unspecified atom stereocenters. The number of aliphatic carboxylic acids is 1. The van der Waals surface area contributed by atoms with Gasteiger partial charge in [-0.15, -0.1) is 0 Å². The molecule has 0 aromatic heterocycles. The van der Waals surface area contributed by atoms with Crippen LogP contribution in [0.3, 0.4) is 0 Å². The van der Waals surface area contributed by atoms with Gasteiger partial charge in [-0.1, -0.05) is 20.8 Å². The average Bonchev–Trinajstić information content (AvgIpc) is 2.86. The van der Waals surface area contributed by atoms with Crippen LogP contribution in [0.2, 0.25) is 0 Å². The summed E-state index contributed by atoms with van der Waals surface area (Å²) in [7, 11) is 0. The molecule has 0 aromatic rings. The summed E-state index contributed by atoms with van der Waals surface area (Å²) < 4.78 is 0. The van der Waals surface area contributed by atoms with Crippen LogP contribution in [0.25, 0.3) is 0 Å². The van der Waals surface area contributed by atoms with E-state index in [0.29, 0.717) is 37.9 Å². The topological polar surface area (TPSA) is 139 Å². The molecule has 0 aromatic carbocycles. The lowest BCUT2D eigenvalue weighted by Gasteiger charge is -2.38. The molecule has 10 nitrogen and oxygen atoms in total. The maximum Gasteiger partial charge on any atom is 0.303 e. The van der Waals surface area contributed by atoms with Crippen LogP contribution in [0, 0.1) is 22.7 Å². The molecule has 0 radical (unpaired) electrons. The molecule has 1 amide bonds. The van der Waals surface area contributed by atoms with Crippen molar-refractivity contribution in [3.8, 4) is 0 Å². The van der Waals surface area contributed by atoms with Crippen molar-refractivity contribution in [1.82, 2.24) is 37.2 Å². The lowest BCUT2D eigenvalue weighted by molar-refractivity contribution is -0.137. The van der Waals surface area contributed by atoms with Gasteiger partial charge in [-0.2, -0.15) is 0 Å². The first-order valence-electron chi connectivity index (χ1n) is 13.4. The van der Waals surface area contributed by atoms with Gasteiger partial charge in [0.25, 0.3) is 0 Å². The highest BCUT2D eigenvalue weighted by Crippen LogP contribution is 2.29. The number of carboxylic acids is 1. The van der Waals surface area contributed by atoms with E-state index in [1.807, 2.05) is 0 Å². The molecule has 4 saturated heterocycles. The zero-order valence-corrected chi connectivity index (χ0v) is 22.0. The van der Waals surface area contributed by atoms with E-state index in [2.05, 4.69) is 58.0 Å². The first-order valence-corrected chi connectivity index (χ1v) is 13.4. The molecule has 4 aliphatic heterocycles. The van der Waals surface area contributed by atoms with Crippen molar-refractivity contribution < 1.29 is 14.7 Å². The molecule has 4 aliphatic rings. The lowest BCUT2D eigenvalue weighted by Crippen LogP contribution is -2.65. The number of carboxylic acid groups (broad SMARTS) is 1. The minimum Gasteiger partial charge on any atom is -0.481 e. The Hall–Kier alpha value is -1.30. The molecule has 5 atom stereocenters. The Morgan fingerprint density at radius 3 is 1.94 bits per heavy atom. The molecule has 0 spiro atoms. The Morgan fingerprint density at radius 2 is 1.29 bits per heavy atom. The molecule has 4 fully saturated rings. The van der Waals surface area contributed by atoms with Gasteiger partial charge in [0.05, 0.1) is 5.54 Å². The SMILES string of the molecule is CC1CNC[C@]2(C)CNCC3CNC[C@](NC(=O)CCCC(=O)O)(CNC1)CNCC3(C)CNC2. The van der Waals surface area contributed by atoms with Gasteiger partial charge >= 0.3 is 5.97 Å². The molecular weight excluding hydrogens is 446 g/mol. The summed E-state index contributed by atoms with van der Waals surface area (Å²) in [5.74, 6) is -0.0666. The molecular formula is C25H49N7O3. The van der Waals surface area contributed by atoms with Gasteiger partial charge in [-0.25, -0.2) is 0 Å². The molecule has 0 aliphatic carbocycles. The van der Waals surface area contributed by atoms with Gasteiger partial charge in [0.15, 0.2) is 0 Å². The Balaban J connectivity index is 1.80. The van der Waals surface area contributed by atoms with E-state index < -0.39 is 11.5 Å². The number of rotatable bonds is 5. The first kappa shape index (κ1) is 28.3. The summed E-state index contributed by atoms with van der Waals surface area (Å²) in [6, 6.07) is 0. The van der Waals surface area contributed by atoms with Crippen molar-refractivity contribution in [3.63, 3.8) is 0 Å². The van der Waals surface area contributed by atoms with Gasteiger partial charge < -0.3 is 42.3 Å². The number of carbonyl (C=O) groups excluding carboxylic acids is 1. The Bertz CT molecular complexity index is 711. The van der Waals surface area contributed by atoms with Gasteiger partial charge in [-0.3, -0.25) is 9.59 Å². The number of fused-ring (bicyclic) bond motifs is 14. The highest BCUT2D eigenvalue weighted by Gasteiger charge is 2.40. The maximum atomic E-state index is 12.8. The average molecular weight is 496 g/mol. The molecule has 8 N–H and O–H groups in total. The molecule has 4 bridgehead atoms. The van der Waals surface area contributed by atoms with E-state index in [0.717, 1.165) is 58.9 Å². The largest absolute Gasteiger partial charge is 0.481 e. The second kappa shape index (κ2) is 12.8. The van der Waals surface area contributed by atoms with E-state index in [-0.39, 0.29) is 29.6 Å². The summed E-state index contributed by atoms with van der Waals surface area (Å²) in [5.41, 5.74) is -0.284. The van der Waals surface area contributed by atoms with Gasteiger partial charge in [0.1, 0.15) is 0 Å². The second-order valence-corrected chi connectivity index (χ2v) is 12.1. The number of nitrogens with one attached hydrogen (secondary N) is 7. The number of hydrogen-bond donors (Lipinski definition) is 8. The molecule has 0 saturated carbocycles. The standard InChI is InChI=1S/C25H49N7O3/c1-19-7-26-11-23(2)12-28-9-20-10-29-17-25(16-27-8-19,32-21(33)5-4-6-22(34)35)18-31-15-24(20,3)14-30-13-23/h19-20,26-31H,4-18H2,1-3H3,(H,32,33)(H,34,35)/t19?,20?,23-,24?,25-/m1/s1. The molecule has 10 heteroatoms. The van der Waals surface area contributed by atoms with E-state index in [1.165, 1.54) is 0 Å². The van der Waals surface area contributed by atoms with Crippen LogP contribution in [0.4, 0.5) is 0 Å². The van der Waals surface area contributed by atoms with Crippen LogP contribution >= 0.6 is 0 Å². The zero-order valence-electron chi connectivity index (χ0n) is 22.0. The van der Waals surface area contributed by atoms with Gasteiger partial charge in [0, 0.05) is 70.6 Å². The number of amides is 1. The molecule has 4 rings (SSSR count). The minimum atomic E-state index is -0.864. The highest BCUT2D eigenvalue weighted by atomic mass is 16.4. The maximum absolute atomic E-state index is 12.8. The summed E-state index contributed by atoms with van der Waals surface area (Å²) in [6.07, 6.45) is 0.588. The van der Waals surface area contributed by atoms with Gasteiger partial charge in [-0.05, 0) is 49.9 Å². The van der Waals surface area contributed by atoms with Crippen LogP contribution in [-0.4, -0.2) is 101 Å². The number of carbonyl (C=O) groups is 2. The van der Waals surface area contributed by atoms with Crippen LogP contribution < -0.4 is 37.2 Å².